The second kappa shape index (κ2) is 3.65. The Balaban J connectivity index is 1.94. The average molecular weight is 249 g/mol. The molecule has 0 amide bonds. The number of fused-ring (bicyclic) bond motifs is 5. The molecule has 1 aromatic carbocycles. The van der Waals surface area contributed by atoms with Gasteiger partial charge in [-0.15, -0.1) is 0 Å². The van der Waals surface area contributed by atoms with Gasteiger partial charge >= 0.3 is 0 Å². The Labute approximate surface area is 109 Å². The Morgan fingerprint density at radius 1 is 1.21 bits per heavy atom. The zero-order valence-electron chi connectivity index (χ0n) is 10.0. The monoisotopic (exact) mass is 249 g/mol. The topological polar surface area (TPSA) is 76.2 Å². The Morgan fingerprint density at radius 3 is 3.05 bits per heavy atom. The number of nitrogen functional groups attached to an aromatic ring is 1. The standard InChI is InChI=1S/C14H11N5/c15-14-17-6-8-5-16-7-10-9-3-1-2-4-11(9)18-13(10)12(8)19-14/h1-7,13,18H,(H2,15,17,19). The minimum Gasteiger partial charge on any atom is -0.372 e. The summed E-state index contributed by atoms with van der Waals surface area (Å²) in [6.45, 7) is 0. The van der Waals surface area contributed by atoms with Gasteiger partial charge in [0.05, 0.1) is 11.7 Å². The van der Waals surface area contributed by atoms with Crippen molar-refractivity contribution in [3.05, 3.63) is 53.5 Å². The molecular weight excluding hydrogens is 238 g/mol. The summed E-state index contributed by atoms with van der Waals surface area (Å²) in [6, 6.07) is 8.15. The molecule has 0 bridgehead atoms. The van der Waals surface area contributed by atoms with Gasteiger partial charge in [0, 0.05) is 41.0 Å². The number of aliphatic imine (C=N–C) groups is 1. The van der Waals surface area contributed by atoms with E-state index in [0.717, 1.165) is 28.1 Å². The van der Waals surface area contributed by atoms with Crippen LogP contribution in [0.25, 0.3) is 5.57 Å². The highest BCUT2D eigenvalue weighted by Gasteiger charge is 2.31. The number of hydrogen-bond donors (Lipinski definition) is 2. The summed E-state index contributed by atoms with van der Waals surface area (Å²) < 4.78 is 0. The molecule has 1 atom stereocenters. The number of nitrogens with two attached hydrogens (primary N) is 1. The van der Waals surface area contributed by atoms with Crippen LogP contribution in [-0.2, 0) is 0 Å². The van der Waals surface area contributed by atoms with Gasteiger partial charge in [0.1, 0.15) is 0 Å². The van der Waals surface area contributed by atoms with Crippen molar-refractivity contribution in [2.24, 2.45) is 4.99 Å². The van der Waals surface area contributed by atoms with Crippen LogP contribution in [0.3, 0.4) is 0 Å². The molecule has 1 aromatic heterocycles. The summed E-state index contributed by atoms with van der Waals surface area (Å²) in [5.41, 5.74) is 10.8. The van der Waals surface area contributed by atoms with Crippen LogP contribution in [-0.4, -0.2) is 16.2 Å². The van der Waals surface area contributed by atoms with Crippen LogP contribution in [0.1, 0.15) is 22.9 Å². The van der Waals surface area contributed by atoms with E-state index in [9.17, 15) is 0 Å². The van der Waals surface area contributed by atoms with E-state index in [1.54, 1.807) is 12.4 Å². The van der Waals surface area contributed by atoms with Crippen molar-refractivity contribution in [3.63, 3.8) is 0 Å². The van der Waals surface area contributed by atoms with Crippen molar-refractivity contribution >= 4 is 23.4 Å². The van der Waals surface area contributed by atoms with Gasteiger partial charge in [-0.2, -0.15) is 0 Å². The van der Waals surface area contributed by atoms with Crippen LogP contribution in [0.5, 0.6) is 0 Å². The number of hydrogen-bond acceptors (Lipinski definition) is 5. The molecule has 1 unspecified atom stereocenters. The first kappa shape index (κ1) is 10.3. The van der Waals surface area contributed by atoms with Gasteiger partial charge in [0.2, 0.25) is 5.95 Å². The molecule has 5 nitrogen and oxygen atoms in total. The number of aromatic nitrogens is 2. The SMILES string of the molecule is Nc1ncc2c(n1)C1Nc3ccccc3C1=CN=C2. The zero-order valence-corrected chi connectivity index (χ0v) is 10.0. The van der Waals surface area contributed by atoms with Crippen molar-refractivity contribution in [2.75, 3.05) is 11.1 Å². The summed E-state index contributed by atoms with van der Waals surface area (Å²) in [7, 11) is 0. The molecule has 92 valence electrons. The van der Waals surface area contributed by atoms with Crippen LogP contribution >= 0.6 is 0 Å². The number of rotatable bonds is 0. The Bertz CT molecular complexity index is 732. The zero-order chi connectivity index (χ0) is 12.8. The predicted molar refractivity (Wildman–Crippen MR) is 74.8 cm³/mol. The maximum Gasteiger partial charge on any atom is 0.220 e. The third-order valence-electron chi connectivity index (χ3n) is 3.42. The van der Waals surface area contributed by atoms with E-state index in [1.807, 2.05) is 18.3 Å². The second-order valence-corrected chi connectivity index (χ2v) is 4.55. The molecule has 3 heterocycles. The molecule has 5 heteroatoms. The van der Waals surface area contributed by atoms with E-state index < -0.39 is 0 Å². The van der Waals surface area contributed by atoms with Crippen molar-refractivity contribution in [1.82, 2.24) is 9.97 Å². The van der Waals surface area contributed by atoms with E-state index in [0.29, 0.717) is 0 Å². The van der Waals surface area contributed by atoms with E-state index in [4.69, 9.17) is 5.73 Å². The first-order valence-electron chi connectivity index (χ1n) is 6.04. The van der Waals surface area contributed by atoms with Crippen LogP contribution in [0.15, 0.2) is 41.7 Å². The fraction of sp³-hybridized carbons (Fsp3) is 0.0714. The van der Waals surface area contributed by atoms with Gasteiger partial charge in [0.15, 0.2) is 0 Å². The van der Waals surface area contributed by atoms with Gasteiger partial charge in [-0.1, -0.05) is 18.2 Å². The van der Waals surface area contributed by atoms with E-state index in [-0.39, 0.29) is 12.0 Å². The minimum atomic E-state index is -0.0137. The fourth-order valence-corrected chi connectivity index (χ4v) is 2.56. The molecule has 2 aliphatic rings. The number of nitrogens with zero attached hydrogens (tertiary/aromatic N) is 3. The summed E-state index contributed by atoms with van der Waals surface area (Å²) in [6.07, 6.45) is 5.36. The lowest BCUT2D eigenvalue weighted by Gasteiger charge is -2.13. The molecule has 3 N–H and O–H groups in total. The molecule has 0 saturated carbocycles. The second-order valence-electron chi connectivity index (χ2n) is 4.55. The highest BCUT2D eigenvalue weighted by atomic mass is 15.1. The van der Waals surface area contributed by atoms with Crippen LogP contribution in [0.4, 0.5) is 11.6 Å². The predicted octanol–water partition coefficient (Wildman–Crippen LogP) is 2.00. The van der Waals surface area contributed by atoms with E-state index >= 15 is 0 Å². The van der Waals surface area contributed by atoms with Crippen LogP contribution < -0.4 is 11.1 Å². The van der Waals surface area contributed by atoms with Crippen molar-refractivity contribution < 1.29 is 0 Å². The molecule has 0 saturated heterocycles. The first-order valence-corrected chi connectivity index (χ1v) is 6.04. The maximum atomic E-state index is 5.71. The molecule has 0 spiro atoms. The third kappa shape index (κ3) is 1.45. The van der Waals surface area contributed by atoms with Gasteiger partial charge in [-0.05, 0) is 6.07 Å². The lowest BCUT2D eigenvalue weighted by Crippen LogP contribution is -2.12. The summed E-state index contributed by atoms with van der Waals surface area (Å²) in [5, 5.41) is 3.47. The summed E-state index contributed by atoms with van der Waals surface area (Å²) in [4.78, 5) is 12.7. The van der Waals surface area contributed by atoms with Gasteiger partial charge in [0.25, 0.3) is 0 Å². The molecule has 19 heavy (non-hydrogen) atoms. The molecule has 2 aliphatic heterocycles. The minimum absolute atomic E-state index is 0.0137. The number of anilines is 2. The van der Waals surface area contributed by atoms with Gasteiger partial charge in [-0.3, -0.25) is 4.99 Å². The quantitative estimate of drug-likeness (QED) is 0.748. The third-order valence-corrected chi connectivity index (χ3v) is 3.42. The van der Waals surface area contributed by atoms with Crippen LogP contribution in [0, 0.1) is 0 Å². The molecule has 0 aliphatic carbocycles. The fourth-order valence-electron chi connectivity index (χ4n) is 2.56. The largest absolute Gasteiger partial charge is 0.372 e. The van der Waals surface area contributed by atoms with Crippen molar-refractivity contribution in [1.29, 1.82) is 0 Å². The highest BCUT2D eigenvalue weighted by molar-refractivity contribution is 5.93. The van der Waals surface area contributed by atoms with E-state index in [1.165, 1.54) is 0 Å². The lowest BCUT2D eigenvalue weighted by atomic mass is 10.00. The first-order chi connectivity index (χ1) is 9.33. The molecular formula is C14H11N5. The normalized spacial score (nSPS) is 18.7. The maximum absolute atomic E-state index is 5.71. The smallest absolute Gasteiger partial charge is 0.220 e. The number of benzene rings is 1. The Kier molecular flexibility index (Phi) is 1.97. The summed E-state index contributed by atoms with van der Waals surface area (Å²) in [5.74, 6) is 0.283. The Morgan fingerprint density at radius 2 is 2.11 bits per heavy atom. The van der Waals surface area contributed by atoms with Gasteiger partial charge in [-0.25, -0.2) is 9.97 Å². The molecule has 0 radical (unpaired) electrons. The van der Waals surface area contributed by atoms with E-state index in [2.05, 4.69) is 32.4 Å². The van der Waals surface area contributed by atoms with Crippen molar-refractivity contribution in [2.45, 2.75) is 6.04 Å². The summed E-state index contributed by atoms with van der Waals surface area (Å²) >= 11 is 0. The average Bonchev–Trinajstić information content (AvgIpc) is 2.70. The lowest BCUT2D eigenvalue weighted by molar-refractivity contribution is 0.948. The van der Waals surface area contributed by atoms with Crippen molar-refractivity contribution in [3.8, 4) is 0 Å². The molecule has 4 rings (SSSR count). The van der Waals surface area contributed by atoms with Crippen LogP contribution in [0.2, 0.25) is 0 Å². The number of para-hydroxylation sites is 1. The Hall–Kier alpha value is -2.69. The highest BCUT2D eigenvalue weighted by Crippen LogP contribution is 2.44. The number of nitrogens with one attached hydrogen (secondary N) is 1. The molecule has 2 aromatic rings. The molecule has 0 fully saturated rings. The van der Waals surface area contributed by atoms with Gasteiger partial charge < -0.3 is 11.1 Å².